The van der Waals surface area contributed by atoms with Gasteiger partial charge in [-0.05, 0) is 37.8 Å². The number of piperidine rings is 1. The third kappa shape index (κ3) is 4.62. The number of amides is 1. The molecule has 1 N–H and O–H groups in total. The van der Waals surface area contributed by atoms with Gasteiger partial charge in [-0.25, -0.2) is 0 Å². The number of nitrogens with one attached hydrogen (secondary N) is 1. The molecule has 1 amide bonds. The fourth-order valence-corrected chi connectivity index (χ4v) is 3.46. The van der Waals surface area contributed by atoms with E-state index in [0.29, 0.717) is 17.7 Å². The topological polar surface area (TPSA) is 50.8 Å². The molecule has 2 aliphatic rings. The second-order valence-corrected chi connectivity index (χ2v) is 6.74. The van der Waals surface area contributed by atoms with Gasteiger partial charge >= 0.3 is 0 Å². The van der Waals surface area contributed by atoms with E-state index < -0.39 is 0 Å². The molecule has 1 atom stereocenters. The van der Waals surface area contributed by atoms with Gasteiger partial charge in [0.25, 0.3) is 5.91 Å². The van der Waals surface area contributed by atoms with Crippen molar-refractivity contribution in [2.75, 3.05) is 32.8 Å². The molecular weight excluding hydrogens is 328 g/mol. The molecule has 2 aliphatic heterocycles. The van der Waals surface area contributed by atoms with E-state index in [9.17, 15) is 4.79 Å². The molecule has 24 heavy (non-hydrogen) atoms. The van der Waals surface area contributed by atoms with Crippen LogP contribution in [0.1, 0.15) is 25.7 Å². The summed E-state index contributed by atoms with van der Waals surface area (Å²) in [6, 6.07) is 7.94. The molecular formula is C18H25ClN2O3. The fraction of sp³-hybridized carbons (Fsp3) is 0.611. The van der Waals surface area contributed by atoms with Gasteiger partial charge in [0.2, 0.25) is 0 Å². The number of hydrogen-bond acceptors (Lipinski definition) is 4. The second-order valence-electron chi connectivity index (χ2n) is 6.33. The Morgan fingerprint density at radius 1 is 1.29 bits per heavy atom. The van der Waals surface area contributed by atoms with Crippen LogP contribution in [0.5, 0.6) is 5.75 Å². The van der Waals surface area contributed by atoms with Crippen molar-refractivity contribution in [3.63, 3.8) is 0 Å². The molecule has 1 aromatic carbocycles. The molecule has 5 nitrogen and oxygen atoms in total. The van der Waals surface area contributed by atoms with Gasteiger partial charge in [-0.3, -0.25) is 4.79 Å². The highest BCUT2D eigenvalue weighted by molar-refractivity contribution is 6.32. The number of carbonyl (C=O) groups excluding carboxylic acids is 1. The van der Waals surface area contributed by atoms with E-state index in [0.717, 1.165) is 57.7 Å². The van der Waals surface area contributed by atoms with E-state index in [1.807, 2.05) is 29.2 Å². The second kappa shape index (κ2) is 8.70. The standard InChI is InChI=1S/C18H25ClN2O3/c19-15-4-1-2-5-16(15)24-13-9-20-14-7-10-21(11-8-14)18(22)17-6-3-12-23-17/h1-2,4-5,14,17,20H,3,6-13H2/t17-/m0/s1. The summed E-state index contributed by atoms with van der Waals surface area (Å²) < 4.78 is 11.2. The predicted octanol–water partition coefficient (Wildman–Crippen LogP) is 2.48. The van der Waals surface area contributed by atoms with Crippen LogP contribution in [0.15, 0.2) is 24.3 Å². The smallest absolute Gasteiger partial charge is 0.251 e. The quantitative estimate of drug-likeness (QED) is 0.799. The Kier molecular flexibility index (Phi) is 6.35. The van der Waals surface area contributed by atoms with Crippen LogP contribution in [-0.4, -0.2) is 55.8 Å². The molecule has 0 saturated carbocycles. The average Bonchev–Trinajstić information content (AvgIpc) is 3.15. The molecule has 0 radical (unpaired) electrons. The third-order valence-corrected chi connectivity index (χ3v) is 4.95. The lowest BCUT2D eigenvalue weighted by atomic mass is 10.0. The summed E-state index contributed by atoms with van der Waals surface area (Å²) in [4.78, 5) is 14.3. The zero-order valence-electron chi connectivity index (χ0n) is 13.9. The molecule has 0 spiro atoms. The van der Waals surface area contributed by atoms with E-state index in [4.69, 9.17) is 21.1 Å². The minimum Gasteiger partial charge on any atom is -0.491 e. The molecule has 6 heteroatoms. The zero-order chi connectivity index (χ0) is 16.8. The van der Waals surface area contributed by atoms with Crippen molar-refractivity contribution in [3.8, 4) is 5.75 Å². The summed E-state index contributed by atoms with van der Waals surface area (Å²) in [6.07, 6.45) is 3.63. The lowest BCUT2D eigenvalue weighted by Gasteiger charge is -2.33. The normalized spacial score (nSPS) is 21.9. The summed E-state index contributed by atoms with van der Waals surface area (Å²) in [5.74, 6) is 0.894. The van der Waals surface area contributed by atoms with Crippen molar-refractivity contribution in [2.24, 2.45) is 0 Å². The van der Waals surface area contributed by atoms with Gasteiger partial charge in [0.1, 0.15) is 18.5 Å². The first-order valence-electron chi connectivity index (χ1n) is 8.75. The van der Waals surface area contributed by atoms with Gasteiger partial charge in [-0.2, -0.15) is 0 Å². The van der Waals surface area contributed by atoms with Crippen molar-refractivity contribution in [1.29, 1.82) is 0 Å². The summed E-state index contributed by atoms with van der Waals surface area (Å²) in [5.41, 5.74) is 0. The van der Waals surface area contributed by atoms with Crippen molar-refractivity contribution in [2.45, 2.75) is 37.8 Å². The van der Waals surface area contributed by atoms with Gasteiger partial charge in [0.05, 0.1) is 5.02 Å². The fourth-order valence-electron chi connectivity index (χ4n) is 3.27. The highest BCUT2D eigenvalue weighted by atomic mass is 35.5. The lowest BCUT2D eigenvalue weighted by molar-refractivity contribution is -0.142. The lowest BCUT2D eigenvalue weighted by Crippen LogP contribution is -2.48. The molecule has 3 rings (SSSR count). The largest absolute Gasteiger partial charge is 0.491 e. The Labute approximate surface area is 148 Å². The molecule has 1 aromatic rings. The van der Waals surface area contributed by atoms with E-state index in [2.05, 4.69) is 5.32 Å². The zero-order valence-corrected chi connectivity index (χ0v) is 14.6. The molecule has 0 unspecified atom stereocenters. The highest BCUT2D eigenvalue weighted by Crippen LogP contribution is 2.23. The number of rotatable bonds is 6. The minimum atomic E-state index is -0.196. The number of benzene rings is 1. The minimum absolute atomic E-state index is 0.174. The highest BCUT2D eigenvalue weighted by Gasteiger charge is 2.30. The van der Waals surface area contributed by atoms with E-state index >= 15 is 0 Å². The van der Waals surface area contributed by atoms with Crippen LogP contribution in [0.2, 0.25) is 5.02 Å². The number of para-hydroxylation sites is 1. The summed E-state index contributed by atoms with van der Waals surface area (Å²) in [5, 5.41) is 4.14. The van der Waals surface area contributed by atoms with E-state index in [1.54, 1.807) is 0 Å². The monoisotopic (exact) mass is 352 g/mol. The van der Waals surface area contributed by atoms with Crippen LogP contribution in [0.4, 0.5) is 0 Å². The molecule has 0 aromatic heterocycles. The Balaban J connectivity index is 1.32. The maximum absolute atomic E-state index is 12.3. The van der Waals surface area contributed by atoms with Crippen LogP contribution < -0.4 is 10.1 Å². The molecule has 2 heterocycles. The van der Waals surface area contributed by atoms with Gasteiger partial charge < -0.3 is 19.7 Å². The van der Waals surface area contributed by atoms with E-state index in [1.165, 1.54) is 0 Å². The molecule has 0 aliphatic carbocycles. The maximum Gasteiger partial charge on any atom is 0.251 e. The third-order valence-electron chi connectivity index (χ3n) is 4.64. The Bertz CT molecular complexity index is 541. The Morgan fingerprint density at radius 2 is 2.08 bits per heavy atom. The Hall–Kier alpha value is -1.30. The van der Waals surface area contributed by atoms with Crippen molar-refractivity contribution in [1.82, 2.24) is 10.2 Å². The van der Waals surface area contributed by atoms with Crippen molar-refractivity contribution >= 4 is 17.5 Å². The number of nitrogens with zero attached hydrogens (tertiary/aromatic N) is 1. The summed E-state index contributed by atoms with van der Waals surface area (Å²) in [6.45, 7) is 3.69. The number of carbonyl (C=O) groups is 1. The van der Waals surface area contributed by atoms with Crippen LogP contribution in [-0.2, 0) is 9.53 Å². The van der Waals surface area contributed by atoms with Crippen LogP contribution in [0, 0.1) is 0 Å². The number of ether oxygens (including phenoxy) is 2. The molecule has 2 fully saturated rings. The summed E-state index contributed by atoms with van der Waals surface area (Å²) in [7, 11) is 0. The first kappa shape index (κ1) is 17.5. The first-order valence-corrected chi connectivity index (χ1v) is 9.13. The number of halogens is 1. The van der Waals surface area contributed by atoms with Crippen LogP contribution >= 0.6 is 11.6 Å². The van der Waals surface area contributed by atoms with Gasteiger partial charge in [-0.1, -0.05) is 23.7 Å². The first-order chi connectivity index (χ1) is 11.7. The van der Waals surface area contributed by atoms with Gasteiger partial charge in [0, 0.05) is 32.3 Å². The molecule has 0 bridgehead atoms. The van der Waals surface area contributed by atoms with Crippen molar-refractivity contribution in [3.05, 3.63) is 29.3 Å². The van der Waals surface area contributed by atoms with Gasteiger partial charge in [0.15, 0.2) is 0 Å². The van der Waals surface area contributed by atoms with Gasteiger partial charge in [-0.15, -0.1) is 0 Å². The number of hydrogen-bond donors (Lipinski definition) is 1. The van der Waals surface area contributed by atoms with Crippen molar-refractivity contribution < 1.29 is 14.3 Å². The maximum atomic E-state index is 12.3. The van der Waals surface area contributed by atoms with Crippen LogP contribution in [0.3, 0.4) is 0 Å². The predicted molar refractivity (Wildman–Crippen MR) is 93.5 cm³/mol. The van der Waals surface area contributed by atoms with Crippen LogP contribution in [0.25, 0.3) is 0 Å². The van der Waals surface area contributed by atoms with E-state index in [-0.39, 0.29) is 12.0 Å². The Morgan fingerprint density at radius 3 is 2.79 bits per heavy atom. The molecule has 132 valence electrons. The number of likely N-dealkylation sites (tertiary alicyclic amines) is 1. The summed E-state index contributed by atoms with van der Waals surface area (Å²) >= 11 is 6.06. The average molecular weight is 353 g/mol. The molecule has 2 saturated heterocycles. The SMILES string of the molecule is O=C([C@@H]1CCCO1)N1CCC(NCCOc2ccccc2Cl)CC1.